The van der Waals surface area contributed by atoms with Crippen LogP contribution in [0.5, 0.6) is 0 Å². The van der Waals surface area contributed by atoms with Gasteiger partial charge in [0.15, 0.2) is 0 Å². The van der Waals surface area contributed by atoms with Gasteiger partial charge in [-0.05, 0) is 31.5 Å². The van der Waals surface area contributed by atoms with E-state index in [2.05, 4.69) is 20.0 Å². The Balaban J connectivity index is 2.31. The summed E-state index contributed by atoms with van der Waals surface area (Å²) in [5, 5.41) is 2.98. The Bertz CT molecular complexity index is 701. The summed E-state index contributed by atoms with van der Waals surface area (Å²) in [4.78, 5) is 8.22. The lowest BCUT2D eigenvalue weighted by Crippen LogP contribution is -2.15. The van der Waals surface area contributed by atoms with Crippen molar-refractivity contribution in [3.8, 4) is 0 Å². The van der Waals surface area contributed by atoms with Gasteiger partial charge in [0.05, 0.1) is 4.90 Å². The van der Waals surface area contributed by atoms with Gasteiger partial charge in [-0.15, -0.1) is 0 Å². The minimum atomic E-state index is -3.67. The molecule has 0 aliphatic heterocycles. The van der Waals surface area contributed by atoms with E-state index in [1.54, 1.807) is 25.3 Å². The second-order valence-electron chi connectivity index (χ2n) is 4.18. The van der Waals surface area contributed by atoms with Gasteiger partial charge in [0.25, 0.3) is 10.0 Å². The van der Waals surface area contributed by atoms with Gasteiger partial charge in [-0.1, -0.05) is 6.07 Å². The number of nitrogens with one attached hydrogen (secondary N) is 2. The number of pyridine rings is 2. The molecular formula is C13H16N4O2S. The van der Waals surface area contributed by atoms with Crippen molar-refractivity contribution >= 4 is 21.7 Å². The molecule has 0 aliphatic carbocycles. The summed E-state index contributed by atoms with van der Waals surface area (Å²) in [6.07, 6.45) is 3.00. The van der Waals surface area contributed by atoms with Gasteiger partial charge < -0.3 is 5.32 Å². The first-order chi connectivity index (χ1) is 9.53. The number of aromatic nitrogens is 2. The topological polar surface area (TPSA) is 84.0 Å². The Morgan fingerprint density at radius 2 is 2.00 bits per heavy atom. The highest BCUT2D eigenvalue weighted by atomic mass is 32.2. The molecule has 0 aromatic carbocycles. The van der Waals surface area contributed by atoms with Crippen molar-refractivity contribution in [2.75, 3.05) is 16.6 Å². The van der Waals surface area contributed by atoms with Crippen LogP contribution < -0.4 is 10.0 Å². The zero-order valence-corrected chi connectivity index (χ0v) is 12.1. The highest BCUT2D eigenvalue weighted by Gasteiger charge is 2.16. The normalized spacial score (nSPS) is 11.1. The Kier molecular flexibility index (Phi) is 4.19. The first-order valence-electron chi connectivity index (χ1n) is 6.17. The number of sulfonamides is 1. The Morgan fingerprint density at radius 3 is 2.70 bits per heavy atom. The zero-order chi connectivity index (χ0) is 14.6. The molecule has 0 aliphatic rings. The van der Waals surface area contributed by atoms with Crippen LogP contribution in [0.2, 0.25) is 0 Å². The van der Waals surface area contributed by atoms with Gasteiger partial charge in [-0.3, -0.25) is 4.72 Å². The number of aryl methyl sites for hydroxylation is 1. The first-order valence-corrected chi connectivity index (χ1v) is 7.65. The summed E-state index contributed by atoms with van der Waals surface area (Å²) >= 11 is 0. The minimum absolute atomic E-state index is 0.147. The zero-order valence-electron chi connectivity index (χ0n) is 11.3. The summed E-state index contributed by atoms with van der Waals surface area (Å²) in [6, 6.07) is 6.48. The number of hydrogen-bond donors (Lipinski definition) is 2. The smallest absolute Gasteiger partial charge is 0.263 e. The molecule has 2 aromatic rings. The summed E-state index contributed by atoms with van der Waals surface area (Å²) in [5.41, 5.74) is 0.761. The van der Waals surface area contributed by atoms with Crippen LogP contribution in [0, 0.1) is 6.92 Å². The van der Waals surface area contributed by atoms with E-state index in [0.717, 1.165) is 5.56 Å². The monoisotopic (exact) mass is 292 g/mol. The number of anilines is 2. The van der Waals surface area contributed by atoms with Gasteiger partial charge in [0.2, 0.25) is 0 Å². The molecule has 2 rings (SSSR count). The van der Waals surface area contributed by atoms with Crippen LogP contribution in [0.1, 0.15) is 12.5 Å². The first kappa shape index (κ1) is 14.3. The molecule has 2 aromatic heterocycles. The molecule has 106 valence electrons. The lowest BCUT2D eigenvalue weighted by molar-refractivity contribution is 0.601. The predicted molar refractivity (Wildman–Crippen MR) is 78.2 cm³/mol. The molecule has 2 N–H and O–H groups in total. The summed E-state index contributed by atoms with van der Waals surface area (Å²) in [5.74, 6) is 0.849. The molecule has 0 bridgehead atoms. The van der Waals surface area contributed by atoms with E-state index < -0.39 is 10.0 Å². The Hall–Kier alpha value is -2.15. The van der Waals surface area contributed by atoms with Gasteiger partial charge in [-0.25, -0.2) is 18.4 Å². The van der Waals surface area contributed by atoms with E-state index in [1.165, 1.54) is 18.3 Å². The maximum absolute atomic E-state index is 12.3. The molecule has 20 heavy (non-hydrogen) atoms. The van der Waals surface area contributed by atoms with E-state index in [-0.39, 0.29) is 4.90 Å². The van der Waals surface area contributed by atoms with E-state index in [4.69, 9.17) is 0 Å². The average molecular weight is 292 g/mol. The molecule has 0 saturated heterocycles. The van der Waals surface area contributed by atoms with Crippen LogP contribution >= 0.6 is 0 Å². The summed E-state index contributed by atoms with van der Waals surface area (Å²) < 4.78 is 27.1. The quantitative estimate of drug-likeness (QED) is 0.880. The van der Waals surface area contributed by atoms with Crippen molar-refractivity contribution in [2.24, 2.45) is 0 Å². The third kappa shape index (κ3) is 3.24. The van der Waals surface area contributed by atoms with Crippen LogP contribution in [0.3, 0.4) is 0 Å². The number of hydrogen-bond acceptors (Lipinski definition) is 5. The third-order valence-corrected chi connectivity index (χ3v) is 3.98. The molecule has 0 fully saturated rings. The molecule has 0 saturated carbocycles. The van der Waals surface area contributed by atoms with Gasteiger partial charge in [0.1, 0.15) is 11.6 Å². The highest BCUT2D eigenvalue weighted by Crippen LogP contribution is 2.18. The fourth-order valence-corrected chi connectivity index (χ4v) is 2.73. The minimum Gasteiger partial charge on any atom is -0.370 e. The number of nitrogens with zero attached hydrogens (tertiary/aromatic N) is 2. The summed E-state index contributed by atoms with van der Waals surface area (Å²) in [6.45, 7) is 4.38. The van der Waals surface area contributed by atoms with Crippen molar-refractivity contribution < 1.29 is 8.42 Å². The largest absolute Gasteiger partial charge is 0.370 e. The second kappa shape index (κ2) is 5.87. The van der Waals surface area contributed by atoms with E-state index in [1.807, 2.05) is 6.92 Å². The highest BCUT2D eigenvalue weighted by molar-refractivity contribution is 7.92. The molecule has 0 unspecified atom stereocenters. The molecule has 0 atom stereocenters. The van der Waals surface area contributed by atoms with Crippen LogP contribution in [0.25, 0.3) is 0 Å². The predicted octanol–water partition coefficient (Wildman–Crippen LogP) is 2.02. The molecule has 7 heteroatoms. The molecule has 2 heterocycles. The van der Waals surface area contributed by atoms with Gasteiger partial charge >= 0.3 is 0 Å². The Labute approximate surface area is 118 Å². The molecular weight excluding hydrogens is 276 g/mol. The van der Waals surface area contributed by atoms with Crippen molar-refractivity contribution in [2.45, 2.75) is 18.7 Å². The van der Waals surface area contributed by atoms with Crippen molar-refractivity contribution in [1.29, 1.82) is 0 Å². The third-order valence-electron chi connectivity index (χ3n) is 2.64. The number of rotatable bonds is 5. The molecule has 0 amide bonds. The average Bonchev–Trinajstić information content (AvgIpc) is 2.42. The molecule has 6 nitrogen and oxygen atoms in total. The van der Waals surface area contributed by atoms with Gasteiger partial charge in [-0.2, -0.15) is 0 Å². The lowest BCUT2D eigenvalue weighted by atomic mass is 10.3. The Morgan fingerprint density at radius 1 is 1.20 bits per heavy atom. The van der Waals surface area contributed by atoms with Crippen molar-refractivity contribution in [3.63, 3.8) is 0 Å². The fraction of sp³-hybridized carbons (Fsp3) is 0.231. The lowest BCUT2D eigenvalue weighted by Gasteiger charge is -2.10. The maximum Gasteiger partial charge on any atom is 0.263 e. The van der Waals surface area contributed by atoms with Gasteiger partial charge in [0, 0.05) is 25.0 Å². The van der Waals surface area contributed by atoms with Crippen molar-refractivity contribution in [1.82, 2.24) is 9.97 Å². The van der Waals surface area contributed by atoms with Crippen LogP contribution in [-0.2, 0) is 10.0 Å². The van der Waals surface area contributed by atoms with E-state index in [0.29, 0.717) is 18.2 Å². The molecule has 0 spiro atoms. The maximum atomic E-state index is 12.3. The fourth-order valence-electron chi connectivity index (χ4n) is 1.63. The standard InChI is InChI=1S/C13H16N4O2S/c1-3-14-12-9-11(6-8-15-12)20(18,19)17-13-10(2)5-4-7-16-13/h4-9H,3H2,1-2H3,(H,14,15)(H,16,17). The van der Waals surface area contributed by atoms with Crippen molar-refractivity contribution in [3.05, 3.63) is 42.2 Å². The van der Waals surface area contributed by atoms with Crippen LogP contribution in [-0.4, -0.2) is 24.9 Å². The van der Waals surface area contributed by atoms with E-state index >= 15 is 0 Å². The molecule has 0 radical (unpaired) electrons. The van der Waals surface area contributed by atoms with E-state index in [9.17, 15) is 8.42 Å². The SMILES string of the molecule is CCNc1cc(S(=O)(=O)Nc2ncccc2C)ccn1. The van der Waals surface area contributed by atoms with Crippen LogP contribution in [0.4, 0.5) is 11.6 Å². The summed E-state index contributed by atoms with van der Waals surface area (Å²) in [7, 11) is -3.67. The van der Waals surface area contributed by atoms with Crippen LogP contribution in [0.15, 0.2) is 41.6 Å². The second-order valence-corrected chi connectivity index (χ2v) is 5.86.